The lowest BCUT2D eigenvalue weighted by atomic mass is 10.0. The number of hydrogen-bond acceptors (Lipinski definition) is 1. The van der Waals surface area contributed by atoms with Crippen molar-refractivity contribution in [2.24, 2.45) is 0 Å². The molecule has 0 spiro atoms. The van der Waals surface area contributed by atoms with Crippen LogP contribution in [0.25, 0.3) is 0 Å². The number of rotatable bonds is 5. The highest BCUT2D eigenvalue weighted by Gasteiger charge is 2.40. The Hall–Kier alpha value is -0.880. The highest BCUT2D eigenvalue weighted by Crippen LogP contribution is 2.25. The lowest BCUT2D eigenvalue weighted by Crippen LogP contribution is -2.34. The van der Waals surface area contributed by atoms with Gasteiger partial charge in [0.05, 0.1) is 0 Å². The van der Waals surface area contributed by atoms with Crippen LogP contribution in [0.15, 0.2) is 18.2 Å². The second kappa shape index (κ2) is 6.52. The zero-order chi connectivity index (χ0) is 14.6. The van der Waals surface area contributed by atoms with Crippen molar-refractivity contribution in [3.05, 3.63) is 34.9 Å². The average Bonchev–Trinajstić information content (AvgIpc) is 2.36. The Morgan fingerprint density at radius 3 is 2.37 bits per heavy atom. The largest absolute Gasteiger partial charge is 0.485 e. The summed E-state index contributed by atoms with van der Waals surface area (Å²) in [6, 6.07) is 5.72. The van der Waals surface area contributed by atoms with E-state index in [0.29, 0.717) is 0 Å². The summed E-state index contributed by atoms with van der Waals surface area (Å²) in [5, 5.41) is 0. The average molecular weight is 293 g/mol. The van der Waals surface area contributed by atoms with E-state index < -0.39 is 16.5 Å². The molecule has 0 fully saturated rings. The molecule has 0 aliphatic carbocycles. The van der Waals surface area contributed by atoms with Gasteiger partial charge in [-0.15, -0.1) is 0 Å². The Labute approximate surface area is 114 Å². The molecule has 0 saturated heterocycles. The van der Waals surface area contributed by atoms with E-state index in [2.05, 4.69) is 0 Å². The molecule has 1 aromatic carbocycles. The Morgan fingerprint density at radius 2 is 1.89 bits per heavy atom. The second-order valence-corrected chi connectivity index (χ2v) is 5.74. The van der Waals surface area contributed by atoms with Gasteiger partial charge in [-0.25, -0.2) is 8.51 Å². The molecule has 0 aliphatic rings. The van der Waals surface area contributed by atoms with Crippen molar-refractivity contribution in [2.75, 3.05) is 6.54 Å². The fraction of sp³-hybridized carbons (Fsp3) is 0.538. The van der Waals surface area contributed by atoms with Crippen LogP contribution < -0.4 is 0 Å². The van der Waals surface area contributed by atoms with Crippen LogP contribution in [0.4, 0.5) is 13.2 Å². The van der Waals surface area contributed by atoms with Crippen molar-refractivity contribution >= 4 is 11.0 Å². The molecule has 0 heterocycles. The molecule has 0 N–H and O–H groups in total. The molecule has 1 unspecified atom stereocenters. The fourth-order valence-electron chi connectivity index (χ4n) is 1.74. The Bertz CT molecular complexity index is 460. The summed E-state index contributed by atoms with van der Waals surface area (Å²) >= 11 is 0. The van der Waals surface area contributed by atoms with Gasteiger partial charge in [0.2, 0.25) is 11.0 Å². The minimum absolute atomic E-state index is 0.0439. The van der Waals surface area contributed by atoms with Crippen molar-refractivity contribution in [3.63, 3.8) is 0 Å². The van der Waals surface area contributed by atoms with E-state index in [4.69, 9.17) is 0 Å². The van der Waals surface area contributed by atoms with Gasteiger partial charge in [0.1, 0.15) is 0 Å². The van der Waals surface area contributed by atoms with E-state index in [-0.39, 0.29) is 13.1 Å². The van der Waals surface area contributed by atoms with E-state index in [1.807, 2.05) is 32.0 Å². The third-order valence-corrected chi connectivity index (χ3v) is 4.21. The van der Waals surface area contributed by atoms with Crippen molar-refractivity contribution in [1.29, 1.82) is 0 Å². The van der Waals surface area contributed by atoms with Crippen molar-refractivity contribution in [3.8, 4) is 0 Å². The molecule has 0 amide bonds. The molecule has 0 bridgehead atoms. The lowest BCUT2D eigenvalue weighted by molar-refractivity contribution is -0.0429. The van der Waals surface area contributed by atoms with Crippen LogP contribution in [0.2, 0.25) is 0 Å². The predicted octanol–water partition coefficient (Wildman–Crippen LogP) is 3.56. The highest BCUT2D eigenvalue weighted by atomic mass is 32.2. The van der Waals surface area contributed by atoms with Crippen LogP contribution in [0.5, 0.6) is 0 Å². The number of benzene rings is 1. The quantitative estimate of drug-likeness (QED) is 0.813. The van der Waals surface area contributed by atoms with Gasteiger partial charge in [0.25, 0.3) is 0 Å². The van der Waals surface area contributed by atoms with Crippen molar-refractivity contribution < 1.29 is 17.4 Å². The number of halogens is 3. The summed E-state index contributed by atoms with van der Waals surface area (Å²) in [5.74, 6) is 0. The summed E-state index contributed by atoms with van der Waals surface area (Å²) in [5.41, 5.74) is -1.94. The van der Waals surface area contributed by atoms with Crippen LogP contribution in [0.1, 0.15) is 30.5 Å². The summed E-state index contributed by atoms with van der Waals surface area (Å²) in [6.07, 6.45) is 0.821. The predicted molar refractivity (Wildman–Crippen MR) is 70.8 cm³/mol. The minimum atomic E-state index is -4.70. The third kappa shape index (κ3) is 4.31. The van der Waals surface area contributed by atoms with Gasteiger partial charge >= 0.3 is 5.51 Å². The molecular formula is C13H18F3NOS. The Morgan fingerprint density at radius 1 is 1.26 bits per heavy atom. The highest BCUT2D eigenvalue weighted by molar-refractivity contribution is 7.83. The summed E-state index contributed by atoms with van der Waals surface area (Å²) in [6.45, 7) is 5.53. The molecule has 0 aliphatic heterocycles. The van der Waals surface area contributed by atoms with Crippen molar-refractivity contribution in [2.45, 2.75) is 39.2 Å². The van der Waals surface area contributed by atoms with Gasteiger partial charge in [0, 0.05) is 13.1 Å². The van der Waals surface area contributed by atoms with Gasteiger partial charge in [-0.05, 0) is 30.0 Å². The number of alkyl halides is 3. The smallest absolute Gasteiger partial charge is 0.233 e. The second-order valence-electron chi connectivity index (χ2n) is 4.27. The standard InChI is InChI=1S/C13H18F3NOS/c1-4-11-7-6-10(3)12(8-11)9-17(5-2)19(18)13(14,15)16/h6-8H,4-5,9H2,1-3H3. The van der Waals surface area contributed by atoms with Gasteiger partial charge in [-0.1, -0.05) is 32.0 Å². The zero-order valence-electron chi connectivity index (χ0n) is 11.3. The molecule has 6 heteroatoms. The molecule has 108 valence electrons. The van der Waals surface area contributed by atoms with Gasteiger partial charge in [0.15, 0.2) is 0 Å². The molecule has 2 nitrogen and oxygen atoms in total. The summed E-state index contributed by atoms with van der Waals surface area (Å²) in [7, 11) is -2.96. The first kappa shape index (κ1) is 16.2. The lowest BCUT2D eigenvalue weighted by Gasteiger charge is -2.21. The maximum absolute atomic E-state index is 12.5. The molecular weight excluding hydrogens is 275 g/mol. The molecule has 1 aromatic rings. The van der Waals surface area contributed by atoms with Gasteiger partial charge < -0.3 is 0 Å². The monoisotopic (exact) mass is 293 g/mol. The van der Waals surface area contributed by atoms with Gasteiger partial charge in [-0.3, -0.25) is 0 Å². The maximum Gasteiger partial charge on any atom is 0.485 e. The first-order valence-electron chi connectivity index (χ1n) is 6.11. The maximum atomic E-state index is 12.5. The fourth-order valence-corrected chi connectivity index (χ4v) is 2.52. The van der Waals surface area contributed by atoms with Crippen LogP contribution in [-0.2, 0) is 24.0 Å². The molecule has 0 saturated carbocycles. The van der Waals surface area contributed by atoms with E-state index >= 15 is 0 Å². The van der Waals surface area contributed by atoms with Crippen LogP contribution >= 0.6 is 0 Å². The topological polar surface area (TPSA) is 20.3 Å². The number of nitrogens with zero attached hydrogens (tertiary/aromatic N) is 1. The number of aryl methyl sites for hydroxylation is 2. The normalized spacial score (nSPS) is 13.8. The SMILES string of the molecule is CCc1ccc(C)c(CN(CC)S(=O)C(F)(F)F)c1. The van der Waals surface area contributed by atoms with E-state index in [1.54, 1.807) is 6.92 Å². The first-order chi connectivity index (χ1) is 8.79. The minimum Gasteiger partial charge on any atom is -0.233 e. The third-order valence-electron chi connectivity index (χ3n) is 2.95. The summed E-state index contributed by atoms with van der Waals surface area (Å²) < 4.78 is 49.8. The Balaban J connectivity index is 2.96. The molecule has 1 rings (SSSR count). The number of hydrogen-bond donors (Lipinski definition) is 0. The van der Waals surface area contributed by atoms with Gasteiger partial charge in [-0.2, -0.15) is 13.2 Å². The molecule has 19 heavy (non-hydrogen) atoms. The molecule has 1 atom stereocenters. The van der Waals surface area contributed by atoms with E-state index in [9.17, 15) is 17.4 Å². The van der Waals surface area contributed by atoms with Crippen LogP contribution in [0, 0.1) is 6.92 Å². The van der Waals surface area contributed by atoms with Crippen LogP contribution in [-0.4, -0.2) is 20.6 Å². The summed E-state index contributed by atoms with van der Waals surface area (Å²) in [4.78, 5) is 0. The van der Waals surface area contributed by atoms with E-state index in [0.717, 1.165) is 27.4 Å². The zero-order valence-corrected chi connectivity index (χ0v) is 12.1. The Kier molecular flexibility index (Phi) is 5.55. The van der Waals surface area contributed by atoms with E-state index in [1.165, 1.54) is 0 Å². The molecule has 0 aromatic heterocycles. The van der Waals surface area contributed by atoms with Crippen molar-refractivity contribution in [1.82, 2.24) is 4.31 Å². The molecule has 0 radical (unpaired) electrons. The first-order valence-corrected chi connectivity index (χ1v) is 7.22. The van der Waals surface area contributed by atoms with Crippen LogP contribution in [0.3, 0.4) is 0 Å².